The first kappa shape index (κ1) is 52.0. The van der Waals surface area contributed by atoms with E-state index in [2.05, 4.69) is 105 Å². The van der Waals surface area contributed by atoms with Crippen molar-refractivity contribution in [3.63, 3.8) is 0 Å². The largest absolute Gasteiger partial charge is 0 e. The zero-order valence-corrected chi connectivity index (χ0v) is 20.7. The molecule has 0 aromatic heterocycles. The molecule has 0 atom stereocenters. The molecule has 8 heteroatoms. The van der Waals surface area contributed by atoms with Gasteiger partial charge in [0.15, 0.2) is 0 Å². The van der Waals surface area contributed by atoms with Gasteiger partial charge in [-0.05, 0) is 76.0 Å². The molecule has 158 valence electrons. The van der Waals surface area contributed by atoms with Crippen LogP contribution < -0.4 is 0 Å². The molecule has 0 heterocycles. The van der Waals surface area contributed by atoms with Crippen LogP contribution in [0.4, 0.5) is 0 Å². The summed E-state index contributed by atoms with van der Waals surface area (Å²) in [4.78, 5) is 0. The maximum absolute atomic E-state index is 7.50. The number of hydrogen-bond acceptors (Lipinski definition) is 0. The minimum Gasteiger partial charge on any atom is 0 e. The van der Waals surface area contributed by atoms with Crippen molar-refractivity contribution in [1.82, 2.24) is 0 Å². The third-order valence-corrected chi connectivity index (χ3v) is 2.54. The Morgan fingerprint density at radius 1 is 0.467 bits per heavy atom. The first-order valence-electron chi connectivity index (χ1n) is 7.50. The van der Waals surface area contributed by atoms with Crippen LogP contribution in [-0.2, 0) is 70.0 Å². The molecule has 0 bridgehead atoms. The summed E-state index contributed by atoms with van der Waals surface area (Å²) < 4.78 is 45.0. The second-order valence-electron chi connectivity index (χ2n) is 4.09. The van der Waals surface area contributed by atoms with Crippen LogP contribution in [0, 0.1) is 103 Å². The molecule has 2 rings (SSSR count). The zero-order chi connectivity index (χ0) is 23.6. The Labute approximate surface area is 211 Å². The Hall–Kier alpha value is -0.183. The summed E-state index contributed by atoms with van der Waals surface area (Å²) in [6.45, 7) is 31.4. The van der Waals surface area contributed by atoms with Gasteiger partial charge in [0, 0.05) is 42.1 Å². The summed E-state index contributed by atoms with van der Waals surface area (Å²) in [5.74, 6) is 2.93. The predicted octanol–water partition coefficient (Wildman–Crippen LogP) is 4.15. The van der Waals surface area contributed by atoms with E-state index in [-0.39, 0.29) is 42.1 Å². The van der Waals surface area contributed by atoms with Gasteiger partial charge in [-0.25, -0.2) is 0 Å². The molecule has 0 aromatic carbocycles. The molecule has 0 saturated heterocycles. The van der Waals surface area contributed by atoms with Gasteiger partial charge < -0.3 is 0 Å². The van der Waals surface area contributed by atoms with E-state index in [0.717, 1.165) is 0 Å². The summed E-state index contributed by atoms with van der Waals surface area (Å²) in [5.41, 5.74) is 0. The molecular formula is C22H22Mo2O6. The first-order valence-corrected chi connectivity index (χ1v) is 7.50. The molecule has 0 amide bonds. The fourth-order valence-corrected chi connectivity index (χ4v) is 1.74. The smallest absolute Gasteiger partial charge is 0 e. The Bertz CT molecular complexity index is 299. The van der Waals surface area contributed by atoms with Crippen LogP contribution >= 0.6 is 0 Å². The normalized spacial score (nSPS) is 12.2. The van der Waals surface area contributed by atoms with Crippen molar-refractivity contribution >= 4 is 0 Å². The van der Waals surface area contributed by atoms with E-state index in [1.165, 1.54) is 37.5 Å². The molecule has 2 aliphatic carbocycles. The molecule has 2 fully saturated rings. The second-order valence-corrected chi connectivity index (χ2v) is 4.09. The Morgan fingerprint density at radius 2 is 0.633 bits per heavy atom. The SMILES string of the molecule is CCC[C]1[CH][CH][CH][CH]1.CCC[C]1[CH][CH][CH][CH]1.[C-]#[O+].[C-]#[O+].[C-]#[O+].[C-]#[O+].[C-]#[O+].[C-]#[O+].[Mo].[Mo]. The summed E-state index contributed by atoms with van der Waals surface area (Å²) >= 11 is 0. The van der Waals surface area contributed by atoms with Gasteiger partial charge in [0.1, 0.15) is 0 Å². The molecule has 0 aromatic rings. The van der Waals surface area contributed by atoms with E-state index in [1.54, 1.807) is 0 Å². The standard InChI is InChI=1S/2C8H11.6CO.2Mo/c2*1-2-5-8-6-3-4-7-8;6*1-2;;/h2*3-4,6-7H,2,5H2,1H3;;;;;;;;. The molecule has 0 spiro atoms. The van der Waals surface area contributed by atoms with Crippen molar-refractivity contribution in [2.24, 2.45) is 0 Å². The quantitative estimate of drug-likeness (QED) is 0.273. The minimum absolute atomic E-state index is 0. The van der Waals surface area contributed by atoms with Crippen LogP contribution in [0.2, 0.25) is 0 Å². The molecule has 10 radical (unpaired) electrons. The monoisotopic (exact) mass is 578 g/mol. The molecule has 2 saturated carbocycles. The third kappa shape index (κ3) is 50.9. The fraction of sp³-hybridized carbons (Fsp3) is 0.273. The molecule has 2 aliphatic rings. The Kier molecular flexibility index (Phi) is 122. The average molecular weight is 574 g/mol. The van der Waals surface area contributed by atoms with Crippen molar-refractivity contribution in [2.75, 3.05) is 0 Å². The maximum Gasteiger partial charge on any atom is 0 e. The van der Waals surface area contributed by atoms with E-state index >= 15 is 0 Å². The zero-order valence-electron chi connectivity index (χ0n) is 16.7. The van der Waals surface area contributed by atoms with Crippen LogP contribution in [-0.4, -0.2) is 0 Å². The van der Waals surface area contributed by atoms with Crippen LogP contribution in [0.3, 0.4) is 0 Å². The maximum atomic E-state index is 7.50. The van der Waals surface area contributed by atoms with Crippen LogP contribution in [0.1, 0.15) is 39.5 Å². The van der Waals surface area contributed by atoms with Crippen molar-refractivity contribution < 1.29 is 70.0 Å². The molecule has 30 heavy (non-hydrogen) atoms. The van der Waals surface area contributed by atoms with Gasteiger partial charge >= 0.3 is 67.8 Å². The van der Waals surface area contributed by atoms with Gasteiger partial charge in [0.05, 0.1) is 0 Å². The van der Waals surface area contributed by atoms with Crippen molar-refractivity contribution in [1.29, 1.82) is 0 Å². The molecule has 0 N–H and O–H groups in total. The van der Waals surface area contributed by atoms with E-state index in [4.69, 9.17) is 27.9 Å². The van der Waals surface area contributed by atoms with Crippen LogP contribution in [0.15, 0.2) is 0 Å². The van der Waals surface area contributed by atoms with Crippen molar-refractivity contribution in [3.05, 3.63) is 103 Å². The fourth-order valence-electron chi connectivity index (χ4n) is 1.74. The first-order chi connectivity index (χ1) is 13.9. The van der Waals surface area contributed by atoms with E-state index in [9.17, 15) is 0 Å². The van der Waals surface area contributed by atoms with Gasteiger partial charge in [-0.15, -0.1) is 0 Å². The Morgan fingerprint density at radius 3 is 0.767 bits per heavy atom. The van der Waals surface area contributed by atoms with Gasteiger partial charge in [0.25, 0.3) is 0 Å². The average Bonchev–Trinajstić information content (AvgIpc) is 3.52. The third-order valence-electron chi connectivity index (χ3n) is 2.54. The topological polar surface area (TPSA) is 119 Å². The summed E-state index contributed by atoms with van der Waals surface area (Å²) in [6, 6.07) is 0. The molecule has 6 nitrogen and oxygen atoms in total. The summed E-state index contributed by atoms with van der Waals surface area (Å²) in [6.07, 6.45) is 22.0. The second kappa shape index (κ2) is 70.2. The van der Waals surface area contributed by atoms with Crippen molar-refractivity contribution in [3.8, 4) is 0 Å². The molecular weight excluding hydrogens is 552 g/mol. The van der Waals surface area contributed by atoms with E-state index < -0.39 is 0 Å². The van der Waals surface area contributed by atoms with Gasteiger partial charge in [-0.1, -0.05) is 26.7 Å². The van der Waals surface area contributed by atoms with Gasteiger partial charge in [0.2, 0.25) is 0 Å². The van der Waals surface area contributed by atoms with E-state index in [1.807, 2.05) is 0 Å². The Balaban J connectivity index is -0.0000000345. The summed E-state index contributed by atoms with van der Waals surface area (Å²) in [7, 11) is 0. The van der Waals surface area contributed by atoms with Crippen LogP contribution in [0.25, 0.3) is 0 Å². The predicted molar refractivity (Wildman–Crippen MR) is 94.3 cm³/mol. The minimum atomic E-state index is 0. The molecule has 0 unspecified atom stereocenters. The molecule has 0 aliphatic heterocycles. The van der Waals surface area contributed by atoms with Crippen LogP contribution in [0.5, 0.6) is 0 Å². The summed E-state index contributed by atoms with van der Waals surface area (Å²) in [5, 5.41) is 0. The number of rotatable bonds is 4. The van der Waals surface area contributed by atoms with E-state index in [0.29, 0.717) is 0 Å². The number of hydrogen-bond donors (Lipinski definition) is 0. The van der Waals surface area contributed by atoms with Gasteiger partial charge in [-0.3, -0.25) is 0 Å². The van der Waals surface area contributed by atoms with Gasteiger partial charge in [-0.2, -0.15) is 0 Å². The van der Waals surface area contributed by atoms with Crippen molar-refractivity contribution in [2.45, 2.75) is 39.5 Å².